The molecule has 4 rings (SSSR count). The number of pyridine rings is 1. The predicted octanol–water partition coefficient (Wildman–Crippen LogP) is 0.699. The number of aromatic amines is 1. The normalized spacial score (nSPS) is 14.5. The maximum Gasteiger partial charge on any atom is 0.279 e. The Morgan fingerprint density at radius 2 is 1.71 bits per heavy atom. The topological polar surface area (TPSA) is 71.2 Å². The van der Waals surface area contributed by atoms with Gasteiger partial charge in [0.2, 0.25) is 0 Å². The second-order valence-corrected chi connectivity index (χ2v) is 8.14. The third-order valence-corrected chi connectivity index (χ3v) is 5.71. The lowest BCUT2D eigenvalue weighted by atomic mass is 10.1. The lowest BCUT2D eigenvalue weighted by molar-refractivity contribution is -0.895. The molecule has 2 aromatic carbocycles. The number of anilines is 2. The van der Waals surface area contributed by atoms with Crippen molar-refractivity contribution >= 4 is 34.2 Å². The van der Waals surface area contributed by atoms with Crippen LogP contribution in [0.1, 0.15) is 10.4 Å². The fourth-order valence-corrected chi connectivity index (χ4v) is 3.95. The maximum absolute atomic E-state index is 12.8. The first-order chi connectivity index (χ1) is 15.0. The van der Waals surface area contributed by atoms with Crippen molar-refractivity contribution in [2.45, 2.75) is 0 Å². The molecule has 160 valence electrons. The summed E-state index contributed by atoms with van der Waals surface area (Å²) in [6, 6.07) is 19.3. The molecule has 31 heavy (non-hydrogen) atoms. The number of hydrogen-bond acceptors (Lipinski definition) is 3. The highest BCUT2D eigenvalue weighted by molar-refractivity contribution is 6.01. The van der Waals surface area contributed by atoms with Crippen LogP contribution in [0.4, 0.5) is 11.5 Å². The first-order valence-corrected chi connectivity index (χ1v) is 10.6. The molecule has 1 saturated heterocycles. The number of carbonyl (C=O) groups is 2. The number of rotatable bonds is 5. The smallest absolute Gasteiger partial charge is 0.279 e. The lowest BCUT2D eigenvalue weighted by Crippen LogP contribution is -3.15. The van der Waals surface area contributed by atoms with E-state index in [9.17, 15) is 9.59 Å². The molecule has 0 unspecified atom stereocenters. The second kappa shape index (κ2) is 9.14. The molecule has 0 atom stereocenters. The standard InChI is InChI=1S/C24H27N5O2/c1-27(2)22-16-21(19-10-6-7-11-20(19)25-22)26-23(30)17-28-12-14-29(15-13-28)24(31)18-8-4-3-5-9-18/h3-11,16H,12-15,17H2,1-2H3,(H,25,26,30)/p+2. The van der Waals surface area contributed by atoms with Crippen LogP contribution in [-0.2, 0) is 4.79 Å². The molecule has 0 radical (unpaired) electrons. The minimum atomic E-state index is -0.0149. The highest BCUT2D eigenvalue weighted by Gasteiger charge is 2.26. The molecule has 0 saturated carbocycles. The number of nitrogens with zero attached hydrogens (tertiary/aromatic N) is 2. The third kappa shape index (κ3) is 4.83. The fourth-order valence-electron chi connectivity index (χ4n) is 3.95. The summed E-state index contributed by atoms with van der Waals surface area (Å²) in [5.41, 5.74) is 2.50. The van der Waals surface area contributed by atoms with Crippen LogP contribution in [0.15, 0.2) is 60.7 Å². The van der Waals surface area contributed by atoms with E-state index < -0.39 is 0 Å². The summed E-state index contributed by atoms with van der Waals surface area (Å²) in [7, 11) is 3.93. The average molecular weight is 420 g/mol. The van der Waals surface area contributed by atoms with Crippen LogP contribution in [0.2, 0.25) is 0 Å². The summed E-state index contributed by atoms with van der Waals surface area (Å²) in [5.74, 6) is 0.973. The molecular weight excluding hydrogens is 390 g/mol. The minimum absolute atomic E-state index is 0.0149. The summed E-state index contributed by atoms with van der Waals surface area (Å²) < 4.78 is 0. The Kier molecular flexibility index (Phi) is 6.13. The minimum Gasteiger partial charge on any atom is -0.327 e. The molecule has 1 fully saturated rings. The van der Waals surface area contributed by atoms with E-state index in [0.29, 0.717) is 25.2 Å². The van der Waals surface area contributed by atoms with Crippen LogP contribution in [0.25, 0.3) is 10.9 Å². The SMILES string of the molecule is CN(C)c1cc(NC(=O)C[NH+]2CCN(C(=O)c3ccccc3)CC2)c2ccccc2[nH+]1. The Morgan fingerprint density at radius 3 is 2.42 bits per heavy atom. The molecule has 2 heterocycles. The van der Waals surface area contributed by atoms with Crippen LogP contribution in [0.3, 0.4) is 0 Å². The van der Waals surface area contributed by atoms with Crippen molar-refractivity contribution in [3.05, 3.63) is 66.2 Å². The zero-order valence-corrected chi connectivity index (χ0v) is 18.0. The van der Waals surface area contributed by atoms with Gasteiger partial charge >= 0.3 is 0 Å². The lowest BCUT2D eigenvalue weighted by Gasteiger charge is -2.32. The Morgan fingerprint density at radius 1 is 1.03 bits per heavy atom. The Hall–Kier alpha value is -3.45. The quantitative estimate of drug-likeness (QED) is 0.640. The van der Waals surface area contributed by atoms with Gasteiger partial charge in [0.05, 0.1) is 52.0 Å². The van der Waals surface area contributed by atoms with Gasteiger partial charge in [-0.15, -0.1) is 0 Å². The van der Waals surface area contributed by atoms with Gasteiger partial charge in [-0.1, -0.05) is 30.3 Å². The number of nitrogens with one attached hydrogen (secondary N) is 3. The van der Waals surface area contributed by atoms with Crippen LogP contribution < -0.4 is 20.1 Å². The van der Waals surface area contributed by atoms with E-state index in [1.165, 1.54) is 4.90 Å². The van der Waals surface area contributed by atoms with E-state index in [0.717, 1.165) is 35.5 Å². The zero-order chi connectivity index (χ0) is 21.8. The van der Waals surface area contributed by atoms with Crippen LogP contribution >= 0.6 is 0 Å². The first kappa shape index (κ1) is 20.8. The van der Waals surface area contributed by atoms with E-state index >= 15 is 0 Å². The molecular formula is C24H29N5O2+2. The Bertz CT molecular complexity index is 1080. The van der Waals surface area contributed by atoms with Gasteiger partial charge in [0.25, 0.3) is 17.6 Å². The van der Waals surface area contributed by atoms with E-state index in [4.69, 9.17) is 0 Å². The molecule has 7 nitrogen and oxygen atoms in total. The van der Waals surface area contributed by atoms with Crippen molar-refractivity contribution in [1.29, 1.82) is 0 Å². The van der Waals surface area contributed by atoms with Gasteiger partial charge in [0.1, 0.15) is 5.52 Å². The van der Waals surface area contributed by atoms with E-state index in [-0.39, 0.29) is 11.8 Å². The molecule has 3 aromatic rings. The highest BCUT2D eigenvalue weighted by Crippen LogP contribution is 2.23. The zero-order valence-electron chi connectivity index (χ0n) is 18.0. The number of piperazine rings is 1. The molecule has 1 aliphatic rings. The van der Waals surface area contributed by atoms with Gasteiger partial charge in [0.15, 0.2) is 6.54 Å². The Labute approximate surface area is 182 Å². The van der Waals surface area contributed by atoms with Gasteiger partial charge < -0.3 is 15.1 Å². The molecule has 0 aliphatic carbocycles. The van der Waals surface area contributed by atoms with Crippen molar-refractivity contribution in [1.82, 2.24) is 4.90 Å². The molecule has 0 bridgehead atoms. The number of aromatic nitrogens is 1. The van der Waals surface area contributed by atoms with Gasteiger partial charge in [0, 0.05) is 10.9 Å². The van der Waals surface area contributed by atoms with Gasteiger partial charge in [-0.3, -0.25) is 14.5 Å². The fraction of sp³-hybridized carbons (Fsp3) is 0.292. The monoisotopic (exact) mass is 419 g/mol. The molecule has 1 aliphatic heterocycles. The van der Waals surface area contributed by atoms with Gasteiger partial charge in [-0.2, -0.15) is 0 Å². The highest BCUT2D eigenvalue weighted by atomic mass is 16.2. The van der Waals surface area contributed by atoms with E-state index in [1.807, 2.05) is 84.6 Å². The maximum atomic E-state index is 12.8. The first-order valence-electron chi connectivity index (χ1n) is 10.6. The second-order valence-electron chi connectivity index (χ2n) is 8.14. The van der Waals surface area contributed by atoms with Crippen molar-refractivity contribution in [2.75, 3.05) is 57.0 Å². The summed E-state index contributed by atoms with van der Waals surface area (Å²) in [6.45, 7) is 3.23. The number of H-pyrrole nitrogens is 1. The van der Waals surface area contributed by atoms with Crippen LogP contribution in [0.5, 0.6) is 0 Å². The van der Waals surface area contributed by atoms with Crippen LogP contribution in [0, 0.1) is 0 Å². The third-order valence-electron chi connectivity index (χ3n) is 5.71. The summed E-state index contributed by atoms with van der Waals surface area (Å²) in [4.78, 5) is 33.8. The number of para-hydroxylation sites is 1. The molecule has 7 heteroatoms. The number of fused-ring (bicyclic) bond motifs is 1. The van der Waals surface area contributed by atoms with Crippen molar-refractivity contribution in [2.24, 2.45) is 0 Å². The number of benzene rings is 2. The largest absolute Gasteiger partial charge is 0.327 e. The molecule has 1 aromatic heterocycles. The number of carbonyl (C=O) groups excluding carboxylic acids is 2. The van der Waals surface area contributed by atoms with Crippen molar-refractivity contribution < 1.29 is 19.5 Å². The number of quaternary nitrogens is 1. The molecule has 0 spiro atoms. The number of amides is 2. The summed E-state index contributed by atoms with van der Waals surface area (Å²) in [5, 5.41) is 4.08. The Balaban J connectivity index is 1.38. The van der Waals surface area contributed by atoms with E-state index in [2.05, 4.69) is 10.3 Å². The van der Waals surface area contributed by atoms with Crippen molar-refractivity contribution in [3.63, 3.8) is 0 Å². The molecule has 3 N–H and O–H groups in total. The van der Waals surface area contributed by atoms with Gasteiger partial charge in [-0.25, -0.2) is 4.98 Å². The van der Waals surface area contributed by atoms with Crippen molar-refractivity contribution in [3.8, 4) is 0 Å². The van der Waals surface area contributed by atoms with Gasteiger partial charge in [-0.05, 0) is 24.3 Å². The summed E-state index contributed by atoms with van der Waals surface area (Å²) in [6.07, 6.45) is 0. The average Bonchev–Trinajstić information content (AvgIpc) is 2.79. The summed E-state index contributed by atoms with van der Waals surface area (Å²) >= 11 is 0. The molecule has 2 amide bonds. The predicted molar refractivity (Wildman–Crippen MR) is 121 cm³/mol. The number of hydrogen-bond donors (Lipinski definition) is 2. The van der Waals surface area contributed by atoms with Crippen LogP contribution in [-0.4, -0.2) is 63.5 Å². The van der Waals surface area contributed by atoms with E-state index in [1.54, 1.807) is 0 Å².